The van der Waals surface area contributed by atoms with Gasteiger partial charge in [-0.1, -0.05) is 84.9 Å². The Morgan fingerprint density at radius 3 is 1.88 bits per heavy atom. The maximum Gasteiger partial charge on any atom is 0.352 e. The van der Waals surface area contributed by atoms with Gasteiger partial charge in [0.05, 0.1) is 11.2 Å². The van der Waals surface area contributed by atoms with Crippen LogP contribution in [-0.4, -0.2) is 64.2 Å². The van der Waals surface area contributed by atoms with Gasteiger partial charge in [0.15, 0.2) is 5.72 Å². The number of hydrogen-bond donors (Lipinski definition) is 1. The summed E-state index contributed by atoms with van der Waals surface area (Å²) >= 11 is 0. The number of carbonyl (C=O) groups excluding carboxylic acids is 4. The molecule has 0 amide bonds. The first-order valence-electron chi connectivity index (χ1n) is 17.0. The summed E-state index contributed by atoms with van der Waals surface area (Å²) in [6, 6.07) is 31.8. The van der Waals surface area contributed by atoms with Gasteiger partial charge >= 0.3 is 11.9 Å². The van der Waals surface area contributed by atoms with Crippen LogP contribution in [0.2, 0.25) is 0 Å². The average Bonchev–Trinajstić information content (AvgIpc) is 3.85. The van der Waals surface area contributed by atoms with Crippen LogP contribution in [0.3, 0.4) is 0 Å². The van der Waals surface area contributed by atoms with Gasteiger partial charge < -0.3 is 29.1 Å². The normalized spacial score (nSPS) is 30.1. The first kappa shape index (κ1) is 30.7. The van der Waals surface area contributed by atoms with Gasteiger partial charge in [0.1, 0.15) is 13.2 Å². The third-order valence-corrected chi connectivity index (χ3v) is 11.5. The molecule has 5 atom stereocenters. The largest absolute Gasteiger partial charge is 0.458 e. The molecule has 4 aromatic carbocycles. The number of ether oxygens (including phenoxy) is 3. The van der Waals surface area contributed by atoms with E-state index < -0.39 is 51.9 Å². The number of benzene rings is 4. The zero-order chi connectivity index (χ0) is 34.3. The van der Waals surface area contributed by atoms with Crippen molar-refractivity contribution in [3.8, 4) is 0 Å². The van der Waals surface area contributed by atoms with Gasteiger partial charge in [-0.15, -0.1) is 0 Å². The molecule has 0 bridgehead atoms. The number of esters is 2. The number of hydrogen-bond acceptors (Lipinski definition) is 10. The zero-order valence-electron chi connectivity index (χ0n) is 27.1. The molecule has 5 heterocycles. The van der Waals surface area contributed by atoms with Crippen LogP contribution in [0, 0.1) is 5.92 Å². The summed E-state index contributed by atoms with van der Waals surface area (Å²) in [7, 11) is 0. The van der Waals surface area contributed by atoms with E-state index in [1.54, 1.807) is 65.6 Å². The van der Waals surface area contributed by atoms with Gasteiger partial charge in [-0.05, 0) is 54.7 Å². The minimum Gasteiger partial charge on any atom is -0.458 e. The molecule has 0 saturated carbocycles. The second-order valence-corrected chi connectivity index (χ2v) is 13.7. The summed E-state index contributed by atoms with van der Waals surface area (Å²) in [5.41, 5.74) is -6.07. The number of anilines is 2. The molecule has 3 fully saturated rings. The SMILES string of the molecule is O=C(OCc1ccccc1)[C@]1(O)C(=O)c2ccccc2N2CCC3[C@@]21O[C@@]1(C(=O)OCc2ccccc2)C(=O)c2ccccc2N2CCC[C@@]321. The molecule has 50 heavy (non-hydrogen) atoms. The Labute approximate surface area is 288 Å². The Kier molecular flexibility index (Phi) is 6.66. The van der Waals surface area contributed by atoms with Crippen molar-refractivity contribution in [2.45, 2.75) is 54.9 Å². The molecular weight excluding hydrogens is 636 g/mol. The van der Waals surface area contributed by atoms with Crippen LogP contribution >= 0.6 is 0 Å². The highest BCUT2D eigenvalue weighted by atomic mass is 16.6. The van der Waals surface area contributed by atoms with E-state index in [2.05, 4.69) is 0 Å². The van der Waals surface area contributed by atoms with Crippen molar-refractivity contribution in [3.05, 3.63) is 131 Å². The van der Waals surface area contributed by atoms with Crippen LogP contribution in [-0.2, 0) is 37.0 Å². The lowest BCUT2D eigenvalue weighted by Gasteiger charge is -2.52. The summed E-state index contributed by atoms with van der Waals surface area (Å²) in [6.45, 7) is 0.408. The molecule has 1 unspecified atom stereocenters. The Morgan fingerprint density at radius 2 is 1.24 bits per heavy atom. The van der Waals surface area contributed by atoms with Gasteiger partial charge in [0.2, 0.25) is 11.6 Å². The molecule has 0 radical (unpaired) electrons. The minimum atomic E-state index is -2.96. The fraction of sp³-hybridized carbons (Fsp3) is 0.300. The average molecular weight is 671 g/mol. The molecule has 252 valence electrons. The molecule has 2 spiro atoms. The van der Waals surface area contributed by atoms with Crippen molar-refractivity contribution in [1.29, 1.82) is 0 Å². The second-order valence-electron chi connectivity index (χ2n) is 13.7. The molecule has 10 heteroatoms. The molecular formula is C40H34N2O8. The number of nitrogens with zero attached hydrogens (tertiary/aromatic N) is 2. The smallest absolute Gasteiger partial charge is 0.352 e. The highest BCUT2D eigenvalue weighted by molar-refractivity contribution is 6.24. The number of para-hydroxylation sites is 2. The Bertz CT molecular complexity index is 2070. The molecule has 10 nitrogen and oxygen atoms in total. The van der Waals surface area contributed by atoms with Crippen molar-refractivity contribution < 1.29 is 38.5 Å². The third-order valence-electron chi connectivity index (χ3n) is 11.5. The number of Topliss-reactive ketones (excluding diaryl/α,β-unsaturated/α-hetero) is 2. The first-order valence-corrected chi connectivity index (χ1v) is 17.0. The molecule has 5 aliphatic heterocycles. The molecule has 0 aromatic heterocycles. The molecule has 9 rings (SSSR count). The predicted molar refractivity (Wildman–Crippen MR) is 180 cm³/mol. The number of carbonyl (C=O) groups is 4. The van der Waals surface area contributed by atoms with Crippen LogP contribution in [0.5, 0.6) is 0 Å². The van der Waals surface area contributed by atoms with Crippen molar-refractivity contribution in [3.63, 3.8) is 0 Å². The lowest BCUT2D eigenvalue weighted by atomic mass is 9.61. The fourth-order valence-corrected chi connectivity index (χ4v) is 9.58. The van der Waals surface area contributed by atoms with E-state index in [0.29, 0.717) is 48.3 Å². The lowest BCUT2D eigenvalue weighted by molar-refractivity contribution is -0.213. The van der Waals surface area contributed by atoms with Crippen molar-refractivity contribution in [2.75, 3.05) is 22.9 Å². The predicted octanol–water partition coefficient (Wildman–Crippen LogP) is 4.63. The summed E-state index contributed by atoms with van der Waals surface area (Å²) in [6.07, 6.45) is 1.21. The molecule has 4 aromatic rings. The fourth-order valence-electron chi connectivity index (χ4n) is 9.58. The summed E-state index contributed by atoms with van der Waals surface area (Å²) in [5.74, 6) is -4.56. The minimum absolute atomic E-state index is 0.118. The quantitative estimate of drug-likeness (QED) is 0.230. The topological polar surface area (TPSA) is 123 Å². The van der Waals surface area contributed by atoms with Crippen LogP contribution in [0.25, 0.3) is 0 Å². The van der Waals surface area contributed by atoms with Crippen LogP contribution in [0.4, 0.5) is 11.4 Å². The van der Waals surface area contributed by atoms with Crippen molar-refractivity contribution in [2.24, 2.45) is 5.92 Å². The number of aliphatic hydroxyl groups is 1. The molecule has 3 saturated heterocycles. The summed E-state index contributed by atoms with van der Waals surface area (Å²) in [4.78, 5) is 63.2. The molecule has 5 aliphatic rings. The highest BCUT2D eigenvalue weighted by Gasteiger charge is 2.90. The summed E-state index contributed by atoms with van der Waals surface area (Å²) < 4.78 is 18.9. The molecule has 0 aliphatic carbocycles. The monoisotopic (exact) mass is 670 g/mol. The summed E-state index contributed by atoms with van der Waals surface area (Å²) in [5, 5.41) is 13.1. The number of fused-ring (bicyclic) bond motifs is 4. The van der Waals surface area contributed by atoms with Gasteiger partial charge in [0, 0.05) is 35.8 Å². The Balaban J connectivity index is 1.26. The zero-order valence-corrected chi connectivity index (χ0v) is 27.1. The van der Waals surface area contributed by atoms with Gasteiger partial charge in [-0.3, -0.25) is 9.59 Å². The maximum atomic E-state index is 15.2. The Morgan fingerprint density at radius 1 is 0.700 bits per heavy atom. The standard InChI is InChI=1S/C40H34N2O8/c43-33-28-16-7-10-19-31(28)42-23-20-32-37-21-11-22-41(37)30-18-9-8-17-29(30)34(44)39(37,36(46)49-25-27-14-5-2-6-15-27)50-40(32,42)38(33,47)35(45)48-24-26-12-3-1-4-13-26/h1-10,12-19,32,47H,11,20-25H2/t32?,37-,38+,39+,40-/m0/s1. The number of rotatable bonds is 6. The lowest BCUT2D eigenvalue weighted by Crippen LogP contribution is -2.75. The van der Waals surface area contributed by atoms with Crippen LogP contribution in [0.1, 0.15) is 51.1 Å². The van der Waals surface area contributed by atoms with E-state index in [1.807, 2.05) is 53.4 Å². The van der Waals surface area contributed by atoms with Gasteiger partial charge in [0.25, 0.3) is 11.2 Å². The third kappa shape index (κ3) is 3.64. The molecule has 1 N–H and O–H groups in total. The van der Waals surface area contributed by atoms with Gasteiger partial charge in [-0.2, -0.15) is 0 Å². The van der Waals surface area contributed by atoms with Crippen molar-refractivity contribution >= 4 is 34.9 Å². The van der Waals surface area contributed by atoms with Crippen molar-refractivity contribution in [1.82, 2.24) is 0 Å². The highest BCUT2D eigenvalue weighted by Crippen LogP contribution is 2.70. The maximum absolute atomic E-state index is 15.2. The van der Waals surface area contributed by atoms with Gasteiger partial charge in [-0.25, -0.2) is 9.59 Å². The van der Waals surface area contributed by atoms with E-state index in [4.69, 9.17) is 14.2 Å². The Hall–Kier alpha value is -5.32. The van der Waals surface area contributed by atoms with Crippen LogP contribution < -0.4 is 9.80 Å². The first-order chi connectivity index (χ1) is 24.3. The van der Waals surface area contributed by atoms with E-state index in [9.17, 15) is 19.5 Å². The van der Waals surface area contributed by atoms with E-state index in [1.165, 1.54) is 0 Å². The van der Waals surface area contributed by atoms with E-state index in [-0.39, 0.29) is 30.9 Å². The number of ketones is 2. The second kappa shape index (κ2) is 10.8. The van der Waals surface area contributed by atoms with Crippen LogP contribution in [0.15, 0.2) is 109 Å². The van der Waals surface area contributed by atoms with E-state index >= 15 is 4.79 Å². The van der Waals surface area contributed by atoms with E-state index in [0.717, 1.165) is 0 Å².